The number of ether oxygens (including phenoxy) is 1. The van der Waals surface area contributed by atoms with Crippen LogP contribution in [0.4, 0.5) is 0 Å². The van der Waals surface area contributed by atoms with E-state index in [1.807, 2.05) is 0 Å². The lowest BCUT2D eigenvalue weighted by atomic mass is 10.2. The molecule has 0 saturated carbocycles. The average Bonchev–Trinajstić information content (AvgIpc) is 2.95. The summed E-state index contributed by atoms with van der Waals surface area (Å²) in [5.74, 6) is 0.780. The van der Waals surface area contributed by atoms with Gasteiger partial charge in [0.25, 0.3) is 0 Å². The lowest BCUT2D eigenvalue weighted by Crippen LogP contribution is -2.40. The molecule has 1 saturated heterocycles. The van der Waals surface area contributed by atoms with Crippen molar-refractivity contribution in [2.24, 2.45) is 0 Å². The number of nitrogens with one attached hydrogen (secondary N) is 1. The monoisotopic (exact) mass is 440 g/mol. The molecule has 1 aliphatic rings. The molecule has 3 unspecified atom stereocenters. The summed E-state index contributed by atoms with van der Waals surface area (Å²) in [6, 6.07) is -0.425. The molecule has 0 aromatic heterocycles. The fourth-order valence-corrected chi connectivity index (χ4v) is 4.44. The predicted molar refractivity (Wildman–Crippen MR) is 106 cm³/mol. The van der Waals surface area contributed by atoms with E-state index in [2.05, 4.69) is 11.9 Å². The molecule has 0 spiro atoms. The normalized spacial score (nSPS) is 20.7. The second-order valence-corrected chi connectivity index (χ2v) is 8.89. The third kappa shape index (κ3) is 11.6. The van der Waals surface area contributed by atoms with E-state index in [0.717, 1.165) is 0 Å². The van der Waals surface area contributed by atoms with Crippen LogP contribution in [0.25, 0.3) is 0 Å². The van der Waals surface area contributed by atoms with E-state index in [-0.39, 0.29) is 44.3 Å². The molecule has 2 amide bonds. The van der Waals surface area contributed by atoms with Crippen LogP contribution < -0.4 is 5.32 Å². The van der Waals surface area contributed by atoms with Crippen LogP contribution in [0, 0.1) is 0 Å². The number of aliphatic hydroxyl groups excluding tert-OH is 1. The van der Waals surface area contributed by atoms with Gasteiger partial charge in [0.2, 0.25) is 11.8 Å². The molecule has 0 aromatic rings. The van der Waals surface area contributed by atoms with Gasteiger partial charge >= 0.3 is 6.72 Å². The van der Waals surface area contributed by atoms with Crippen LogP contribution in [0.5, 0.6) is 0 Å². The minimum atomic E-state index is -3.39. The van der Waals surface area contributed by atoms with E-state index in [0.29, 0.717) is 13.0 Å². The van der Waals surface area contributed by atoms with Gasteiger partial charge in [-0.25, -0.2) is 4.79 Å². The van der Waals surface area contributed by atoms with Crippen LogP contribution in [0.2, 0.25) is 0 Å². The first-order valence-electron chi connectivity index (χ1n) is 8.62. The summed E-state index contributed by atoms with van der Waals surface area (Å²) in [6.07, 6.45) is -0.426. The maximum atomic E-state index is 12.2. The molecular formula is C16H29N2O8PS. The Hall–Kier alpha value is -1.16. The minimum absolute atomic E-state index is 0.168. The number of rotatable bonds is 10. The number of likely N-dealkylation sites (tertiary alicyclic amines) is 1. The number of hydrogen-bond acceptors (Lipinski definition) is 8. The van der Waals surface area contributed by atoms with Crippen molar-refractivity contribution in [2.75, 3.05) is 32.9 Å². The first kappa shape index (κ1) is 26.8. The highest BCUT2D eigenvalue weighted by Gasteiger charge is 2.38. The first-order valence-corrected chi connectivity index (χ1v) is 11.2. The maximum Gasteiger partial charge on any atom is 0.325 e. The molecule has 28 heavy (non-hydrogen) atoms. The Kier molecular flexibility index (Phi) is 13.3. The molecule has 0 radical (unpaired) electrons. The van der Waals surface area contributed by atoms with Crippen molar-refractivity contribution in [3.63, 3.8) is 0 Å². The number of aliphatic hydroxyl groups is 1. The Labute approximate surface area is 170 Å². The summed E-state index contributed by atoms with van der Waals surface area (Å²) in [7, 11) is 0. The molecule has 1 aliphatic heterocycles. The number of carbonyl (C=O) groups is 2. The van der Waals surface area contributed by atoms with E-state index in [1.165, 1.54) is 17.8 Å². The highest BCUT2D eigenvalue weighted by molar-refractivity contribution is 8.07. The Bertz CT molecular complexity index is 583. The maximum absolute atomic E-state index is 12.2. The lowest BCUT2D eigenvalue weighted by molar-refractivity contribution is -0.137. The second-order valence-electron chi connectivity index (χ2n) is 6.15. The third-order valence-corrected chi connectivity index (χ3v) is 5.15. The van der Waals surface area contributed by atoms with Gasteiger partial charge in [0.1, 0.15) is 12.5 Å². The second kappa shape index (κ2) is 13.9. The highest BCUT2D eigenvalue weighted by Crippen LogP contribution is 2.47. The van der Waals surface area contributed by atoms with Crippen molar-refractivity contribution < 1.29 is 38.2 Å². The van der Waals surface area contributed by atoms with Gasteiger partial charge in [0.05, 0.1) is 31.5 Å². The van der Waals surface area contributed by atoms with E-state index in [1.54, 1.807) is 13.8 Å². The molecule has 10 nitrogen and oxygen atoms in total. The van der Waals surface area contributed by atoms with Gasteiger partial charge < -0.3 is 34.0 Å². The number of hydrogen-bond donors (Lipinski definition) is 3. The molecule has 1 rings (SSSR count). The predicted octanol–water partition coefficient (Wildman–Crippen LogP) is -0.237. The molecule has 0 bridgehead atoms. The van der Waals surface area contributed by atoms with Crippen molar-refractivity contribution in [1.82, 2.24) is 10.2 Å². The molecule has 0 aromatic carbocycles. The van der Waals surface area contributed by atoms with Crippen LogP contribution in [-0.2, 0) is 40.0 Å². The molecule has 0 aliphatic carbocycles. The van der Waals surface area contributed by atoms with Crippen LogP contribution in [0.1, 0.15) is 27.2 Å². The van der Waals surface area contributed by atoms with Crippen molar-refractivity contribution in [3.05, 3.63) is 6.58 Å². The summed E-state index contributed by atoms with van der Waals surface area (Å²) >= 11 is 4.95. The van der Waals surface area contributed by atoms with Crippen LogP contribution >= 0.6 is 6.72 Å². The van der Waals surface area contributed by atoms with E-state index in [9.17, 15) is 19.6 Å². The third-order valence-electron chi connectivity index (χ3n) is 3.38. The van der Waals surface area contributed by atoms with Crippen molar-refractivity contribution >= 4 is 36.3 Å². The van der Waals surface area contributed by atoms with E-state index < -0.39 is 18.9 Å². The molecule has 3 atom stereocenters. The van der Waals surface area contributed by atoms with Gasteiger partial charge in [-0.15, -0.1) is 0 Å². The molecular weight excluding hydrogens is 411 g/mol. The fourth-order valence-electron chi connectivity index (χ4n) is 2.45. The Morgan fingerprint density at radius 2 is 2.07 bits per heavy atom. The van der Waals surface area contributed by atoms with Crippen LogP contribution in [0.15, 0.2) is 6.58 Å². The molecule has 162 valence electrons. The molecule has 1 fully saturated rings. The summed E-state index contributed by atoms with van der Waals surface area (Å²) < 4.78 is 15.9. The Morgan fingerprint density at radius 1 is 1.46 bits per heavy atom. The van der Waals surface area contributed by atoms with Gasteiger partial charge in [0, 0.05) is 20.0 Å². The number of amides is 2. The summed E-state index contributed by atoms with van der Waals surface area (Å²) in [5.41, 5.74) is 0. The minimum Gasteiger partial charge on any atom is -0.394 e. The Balaban J connectivity index is 0.00000227. The lowest BCUT2D eigenvalue weighted by Gasteiger charge is -2.23. The van der Waals surface area contributed by atoms with E-state index in [4.69, 9.17) is 30.4 Å². The smallest absolute Gasteiger partial charge is 0.325 e. The largest absolute Gasteiger partial charge is 0.394 e. The van der Waals surface area contributed by atoms with Gasteiger partial charge in [-0.2, -0.15) is 0 Å². The molecule has 1 heterocycles. The van der Waals surface area contributed by atoms with Crippen LogP contribution in [0.3, 0.4) is 0 Å². The van der Waals surface area contributed by atoms with Gasteiger partial charge in [-0.3, -0.25) is 9.59 Å². The summed E-state index contributed by atoms with van der Waals surface area (Å²) in [4.78, 5) is 43.0. The van der Waals surface area contributed by atoms with Crippen LogP contribution in [-0.4, -0.2) is 83.8 Å². The highest BCUT2D eigenvalue weighted by atomic mass is 32.5. The zero-order valence-electron chi connectivity index (χ0n) is 16.3. The zero-order chi connectivity index (χ0) is 21.7. The number of nitrogens with zero attached hydrogens (tertiary/aromatic N) is 1. The zero-order valence-corrected chi connectivity index (χ0v) is 18.0. The Morgan fingerprint density at radius 3 is 2.57 bits per heavy atom. The average molecular weight is 440 g/mol. The van der Waals surface area contributed by atoms with Crippen molar-refractivity contribution in [2.45, 2.75) is 45.4 Å². The van der Waals surface area contributed by atoms with Crippen molar-refractivity contribution in [1.29, 1.82) is 0 Å². The quantitative estimate of drug-likeness (QED) is 0.239. The summed E-state index contributed by atoms with van der Waals surface area (Å²) in [5, 5.41) is 12.0. The fraction of sp³-hybridized carbons (Fsp3) is 0.750. The standard InChI is InChI=1S/C14H27N2O7PS.C2H2O/c1-10(2)22-24(20,25)23-13-6-12(8-17)16(7-13)14(19)9-21-5-4-15-11(3)18;1-2-3/h10,12-13,17H,4-9H2,1-3H3,(H,15,18)(H,20,25);1H2. The van der Waals surface area contributed by atoms with Gasteiger partial charge in [-0.1, -0.05) is 0 Å². The van der Waals surface area contributed by atoms with Gasteiger partial charge in [-0.05, 0) is 38.7 Å². The van der Waals surface area contributed by atoms with E-state index >= 15 is 0 Å². The summed E-state index contributed by atoms with van der Waals surface area (Å²) in [6.45, 7) is 4.49. The van der Waals surface area contributed by atoms with Crippen molar-refractivity contribution in [3.8, 4) is 0 Å². The molecule has 3 N–H and O–H groups in total. The SMILES string of the molecule is C=C=O.CC(=O)NCCOCC(=O)N1CC(OP(O)(=S)OC(C)C)CC1CO. The van der Waals surface area contributed by atoms with Gasteiger partial charge in [0.15, 0.2) is 0 Å². The first-order chi connectivity index (χ1) is 13.1. The topological polar surface area (TPSA) is 135 Å². The molecule has 12 heteroatoms. The number of carbonyl (C=O) groups excluding carboxylic acids is 3.